The number of hydrogen-bond donors (Lipinski definition) is 1. The summed E-state index contributed by atoms with van der Waals surface area (Å²) in [6.07, 6.45) is 6.65. The van der Waals surface area contributed by atoms with Gasteiger partial charge in [-0.1, -0.05) is 25.0 Å². The highest BCUT2D eigenvalue weighted by atomic mass is 32.2. The highest BCUT2D eigenvalue weighted by Crippen LogP contribution is 2.29. The van der Waals surface area contributed by atoms with Crippen LogP contribution >= 0.6 is 0 Å². The molecule has 0 spiro atoms. The van der Waals surface area contributed by atoms with Crippen LogP contribution in [0.2, 0.25) is 0 Å². The normalized spacial score (nSPS) is 15.3. The molecule has 1 N–H and O–H groups in total. The molecule has 1 aliphatic carbocycles. The zero-order valence-corrected chi connectivity index (χ0v) is 15.5. The van der Waals surface area contributed by atoms with Crippen molar-refractivity contribution in [1.29, 1.82) is 0 Å². The second kappa shape index (κ2) is 7.15. The van der Waals surface area contributed by atoms with E-state index in [1.165, 1.54) is 0 Å². The van der Waals surface area contributed by atoms with E-state index in [1.807, 2.05) is 0 Å². The molecule has 2 aromatic heterocycles. The van der Waals surface area contributed by atoms with Gasteiger partial charge in [0, 0.05) is 18.1 Å². The van der Waals surface area contributed by atoms with Gasteiger partial charge in [0.1, 0.15) is 0 Å². The molecule has 0 radical (unpaired) electrons. The summed E-state index contributed by atoms with van der Waals surface area (Å²) in [5, 5.41) is 3.34. The topological polar surface area (TPSA) is 89.3 Å². The highest BCUT2D eigenvalue weighted by molar-refractivity contribution is 7.92. The largest absolute Gasteiger partial charge is 0.449 e. The minimum atomic E-state index is -3.25. The summed E-state index contributed by atoms with van der Waals surface area (Å²) < 4.78 is 30.7. The molecule has 4 rings (SSSR count). The molecule has 0 atom stereocenters. The second-order valence-electron chi connectivity index (χ2n) is 6.80. The van der Waals surface area contributed by atoms with Crippen LogP contribution in [0.5, 0.6) is 0 Å². The number of furan rings is 1. The van der Waals surface area contributed by atoms with Crippen molar-refractivity contribution in [3.8, 4) is 0 Å². The number of nitrogens with one attached hydrogen (secondary N) is 1. The molecule has 0 unspecified atom stereocenters. The van der Waals surface area contributed by atoms with Crippen LogP contribution in [-0.2, 0) is 16.4 Å². The third-order valence-electron chi connectivity index (χ3n) is 4.99. The molecular weight excluding hydrogens is 364 g/mol. The average molecular weight is 384 g/mol. The predicted octanol–water partition coefficient (Wildman–Crippen LogP) is 3.47. The molecule has 0 saturated heterocycles. The van der Waals surface area contributed by atoms with Crippen LogP contribution in [0.3, 0.4) is 0 Å². The van der Waals surface area contributed by atoms with Gasteiger partial charge in [0.2, 0.25) is 0 Å². The lowest BCUT2D eigenvalue weighted by molar-refractivity contribution is 0.0925. The maximum atomic E-state index is 12.6. The lowest BCUT2D eigenvalue weighted by atomic mass is 10.2. The third-order valence-corrected chi connectivity index (χ3v) is 7.27. The number of amides is 1. The van der Waals surface area contributed by atoms with Gasteiger partial charge < -0.3 is 9.73 Å². The van der Waals surface area contributed by atoms with Crippen molar-refractivity contribution in [2.45, 2.75) is 42.4 Å². The van der Waals surface area contributed by atoms with Crippen molar-refractivity contribution in [2.24, 2.45) is 0 Å². The quantitative estimate of drug-likeness (QED) is 0.727. The number of rotatable bonds is 5. The standard InChI is InChI=1S/C20H20N2O4S/c23-20(18-11-15-9-10-21-13-19(15)26-18)22-12-14-5-7-17(8-6-14)27(24,25)16-3-1-2-4-16/h5-11,13,16H,1-4,12H2,(H,22,23). The Morgan fingerprint density at radius 2 is 1.89 bits per heavy atom. The Labute approximate surface area is 157 Å². The van der Waals surface area contributed by atoms with Crippen LogP contribution in [0.25, 0.3) is 11.0 Å². The molecule has 2 heterocycles. The number of hydrogen-bond acceptors (Lipinski definition) is 5. The molecule has 1 amide bonds. The Balaban J connectivity index is 1.42. The van der Waals surface area contributed by atoms with Crippen molar-refractivity contribution in [1.82, 2.24) is 10.3 Å². The van der Waals surface area contributed by atoms with Gasteiger partial charge in [-0.25, -0.2) is 8.42 Å². The first-order chi connectivity index (χ1) is 13.0. The van der Waals surface area contributed by atoms with E-state index in [-0.39, 0.29) is 23.5 Å². The minimum Gasteiger partial charge on any atom is -0.449 e. The SMILES string of the molecule is O=C(NCc1ccc(S(=O)(=O)C2CCCC2)cc1)c1cc2ccncc2o1. The van der Waals surface area contributed by atoms with Crippen molar-refractivity contribution in [3.63, 3.8) is 0 Å². The summed E-state index contributed by atoms with van der Waals surface area (Å²) in [5.41, 5.74) is 1.38. The molecule has 0 bridgehead atoms. The number of carbonyl (C=O) groups excluding carboxylic acids is 1. The molecule has 0 aliphatic heterocycles. The summed E-state index contributed by atoms with van der Waals surface area (Å²) in [6, 6.07) is 10.2. The van der Waals surface area contributed by atoms with Crippen molar-refractivity contribution in [3.05, 3.63) is 60.1 Å². The predicted molar refractivity (Wildman–Crippen MR) is 101 cm³/mol. The molecule has 6 nitrogen and oxygen atoms in total. The van der Waals surface area contributed by atoms with E-state index in [2.05, 4.69) is 10.3 Å². The summed E-state index contributed by atoms with van der Waals surface area (Å²) >= 11 is 0. The Bertz CT molecular complexity index is 1030. The molecule has 1 aromatic carbocycles. The Hall–Kier alpha value is -2.67. The number of fused-ring (bicyclic) bond motifs is 1. The highest BCUT2D eigenvalue weighted by Gasteiger charge is 2.30. The number of pyridine rings is 1. The molecule has 1 fully saturated rings. The summed E-state index contributed by atoms with van der Waals surface area (Å²) in [6.45, 7) is 0.290. The Morgan fingerprint density at radius 3 is 2.59 bits per heavy atom. The first-order valence-electron chi connectivity index (χ1n) is 8.98. The minimum absolute atomic E-state index is 0.221. The van der Waals surface area contributed by atoms with Crippen molar-refractivity contribution >= 4 is 26.7 Å². The number of benzene rings is 1. The Kier molecular flexibility index (Phi) is 4.70. The van der Waals surface area contributed by atoms with E-state index in [1.54, 1.807) is 48.8 Å². The molecular formula is C20H20N2O4S. The second-order valence-corrected chi connectivity index (χ2v) is 9.03. The van der Waals surface area contributed by atoms with Gasteiger partial charge in [-0.2, -0.15) is 0 Å². The fourth-order valence-electron chi connectivity index (χ4n) is 3.45. The van der Waals surface area contributed by atoms with Gasteiger partial charge in [-0.15, -0.1) is 0 Å². The Morgan fingerprint density at radius 1 is 1.15 bits per heavy atom. The maximum absolute atomic E-state index is 12.6. The molecule has 1 aliphatic rings. The van der Waals surface area contributed by atoms with Gasteiger partial charge >= 0.3 is 0 Å². The van der Waals surface area contributed by atoms with Gasteiger partial charge in [0.25, 0.3) is 5.91 Å². The smallest absolute Gasteiger partial charge is 0.287 e. The molecule has 7 heteroatoms. The number of nitrogens with zero attached hydrogens (tertiary/aromatic N) is 1. The van der Waals surface area contributed by atoms with Crippen molar-refractivity contribution < 1.29 is 17.6 Å². The van der Waals surface area contributed by atoms with E-state index in [0.29, 0.717) is 10.5 Å². The molecule has 27 heavy (non-hydrogen) atoms. The van der Waals surface area contributed by atoms with Gasteiger partial charge in [0.15, 0.2) is 21.2 Å². The lowest BCUT2D eigenvalue weighted by Gasteiger charge is -2.11. The third kappa shape index (κ3) is 3.60. The number of sulfone groups is 1. The monoisotopic (exact) mass is 384 g/mol. The van der Waals surface area contributed by atoms with Crippen LogP contribution in [0.4, 0.5) is 0 Å². The van der Waals surface area contributed by atoms with E-state index in [4.69, 9.17) is 4.42 Å². The molecule has 3 aromatic rings. The zero-order valence-electron chi connectivity index (χ0n) is 14.7. The molecule has 140 valence electrons. The van der Waals surface area contributed by atoms with Crippen LogP contribution in [0.15, 0.2) is 58.1 Å². The zero-order chi connectivity index (χ0) is 18.9. The van der Waals surface area contributed by atoms with E-state index in [0.717, 1.165) is 36.6 Å². The van der Waals surface area contributed by atoms with Gasteiger partial charge in [-0.3, -0.25) is 9.78 Å². The average Bonchev–Trinajstić information content (AvgIpc) is 3.36. The summed E-state index contributed by atoms with van der Waals surface area (Å²) in [5.74, 6) is -0.104. The number of aromatic nitrogens is 1. The van der Waals surface area contributed by atoms with Crippen LogP contribution < -0.4 is 5.32 Å². The maximum Gasteiger partial charge on any atom is 0.287 e. The van der Waals surface area contributed by atoms with Crippen LogP contribution in [0.1, 0.15) is 41.8 Å². The molecule has 1 saturated carbocycles. The fraction of sp³-hybridized carbons (Fsp3) is 0.300. The van der Waals surface area contributed by atoms with Crippen molar-refractivity contribution in [2.75, 3.05) is 0 Å². The van der Waals surface area contributed by atoms with E-state index < -0.39 is 9.84 Å². The summed E-state index contributed by atoms with van der Waals surface area (Å²) in [4.78, 5) is 16.6. The lowest BCUT2D eigenvalue weighted by Crippen LogP contribution is -2.22. The first-order valence-corrected chi connectivity index (χ1v) is 10.5. The van der Waals surface area contributed by atoms with Gasteiger partial charge in [-0.05, 0) is 42.7 Å². The van der Waals surface area contributed by atoms with Gasteiger partial charge in [0.05, 0.1) is 16.3 Å². The van der Waals surface area contributed by atoms with Crippen LogP contribution in [0, 0.1) is 0 Å². The fourth-order valence-corrected chi connectivity index (χ4v) is 5.31. The van der Waals surface area contributed by atoms with E-state index in [9.17, 15) is 13.2 Å². The van der Waals surface area contributed by atoms with E-state index >= 15 is 0 Å². The summed E-state index contributed by atoms with van der Waals surface area (Å²) in [7, 11) is -3.25. The number of carbonyl (C=O) groups is 1. The van der Waals surface area contributed by atoms with Crippen LogP contribution in [-0.4, -0.2) is 24.6 Å². The first kappa shape index (κ1) is 17.7.